The third kappa shape index (κ3) is 2.58. The molecule has 136 valence electrons. The van der Waals surface area contributed by atoms with E-state index in [0.717, 1.165) is 27.1 Å². The highest BCUT2D eigenvalue weighted by atomic mass is 32.1. The number of benzene rings is 3. The van der Waals surface area contributed by atoms with E-state index in [4.69, 9.17) is 4.74 Å². The van der Waals surface area contributed by atoms with Gasteiger partial charge in [-0.2, -0.15) is 0 Å². The number of carbonyl (C=O) groups is 2. The van der Waals surface area contributed by atoms with E-state index in [9.17, 15) is 9.59 Å². The van der Waals surface area contributed by atoms with Crippen molar-refractivity contribution < 1.29 is 14.3 Å². The Kier molecular flexibility index (Phi) is 3.74. The maximum Gasteiger partial charge on any atom is 0.257 e. The van der Waals surface area contributed by atoms with Crippen molar-refractivity contribution in [1.29, 1.82) is 0 Å². The van der Waals surface area contributed by atoms with Crippen LogP contribution in [-0.2, 0) is 0 Å². The highest BCUT2D eigenvalue weighted by Gasteiger charge is 2.27. The molecule has 1 amide bonds. The van der Waals surface area contributed by atoms with E-state index in [0.29, 0.717) is 21.8 Å². The highest BCUT2D eigenvalue weighted by Crippen LogP contribution is 2.37. The number of nitrogens with one attached hydrogen (secondary N) is 1. The Bertz CT molecular complexity index is 1280. The van der Waals surface area contributed by atoms with Crippen LogP contribution in [0, 0.1) is 0 Å². The number of thiazole rings is 1. The van der Waals surface area contributed by atoms with Gasteiger partial charge in [0.2, 0.25) is 0 Å². The van der Waals surface area contributed by atoms with Crippen molar-refractivity contribution in [3.8, 4) is 16.9 Å². The zero-order valence-electron chi connectivity index (χ0n) is 14.9. The first-order valence-electron chi connectivity index (χ1n) is 8.68. The van der Waals surface area contributed by atoms with Crippen LogP contribution in [0.1, 0.15) is 26.3 Å². The van der Waals surface area contributed by atoms with Crippen LogP contribution >= 0.6 is 11.3 Å². The molecule has 4 aromatic rings. The molecule has 1 aromatic heterocycles. The Hall–Kier alpha value is -3.51. The summed E-state index contributed by atoms with van der Waals surface area (Å²) in [4.78, 5) is 29.8. The number of anilines is 1. The van der Waals surface area contributed by atoms with Gasteiger partial charge in [-0.1, -0.05) is 41.7 Å². The summed E-state index contributed by atoms with van der Waals surface area (Å²) >= 11 is 1.38. The number of rotatable bonds is 3. The molecule has 0 fully saturated rings. The first-order chi connectivity index (χ1) is 13.6. The maximum atomic E-state index is 12.7. The van der Waals surface area contributed by atoms with Crippen molar-refractivity contribution in [2.24, 2.45) is 0 Å². The topological polar surface area (TPSA) is 68.3 Å². The Balaban J connectivity index is 1.45. The molecule has 0 saturated carbocycles. The quantitative estimate of drug-likeness (QED) is 0.485. The zero-order valence-corrected chi connectivity index (χ0v) is 15.7. The predicted molar refractivity (Wildman–Crippen MR) is 109 cm³/mol. The van der Waals surface area contributed by atoms with Crippen molar-refractivity contribution in [3.63, 3.8) is 0 Å². The second kappa shape index (κ2) is 6.28. The van der Waals surface area contributed by atoms with Gasteiger partial charge in [0.05, 0.1) is 17.3 Å². The van der Waals surface area contributed by atoms with Crippen molar-refractivity contribution >= 4 is 38.4 Å². The third-order valence-corrected chi connectivity index (χ3v) is 5.74. The summed E-state index contributed by atoms with van der Waals surface area (Å²) in [6.07, 6.45) is 0. The minimum Gasteiger partial charge on any atom is -0.497 e. The van der Waals surface area contributed by atoms with Crippen LogP contribution in [0.25, 0.3) is 21.3 Å². The fourth-order valence-electron chi connectivity index (χ4n) is 3.42. The largest absolute Gasteiger partial charge is 0.497 e. The summed E-state index contributed by atoms with van der Waals surface area (Å²) in [6, 6.07) is 18.3. The number of nitrogens with zero attached hydrogens (tertiary/aromatic N) is 1. The molecule has 0 unspecified atom stereocenters. The van der Waals surface area contributed by atoms with E-state index in [2.05, 4.69) is 10.3 Å². The van der Waals surface area contributed by atoms with Gasteiger partial charge in [-0.05, 0) is 41.5 Å². The van der Waals surface area contributed by atoms with Crippen molar-refractivity contribution in [3.05, 3.63) is 77.4 Å². The fourth-order valence-corrected chi connectivity index (χ4v) is 4.31. The molecule has 1 aliphatic carbocycles. The van der Waals surface area contributed by atoms with E-state index >= 15 is 0 Å². The van der Waals surface area contributed by atoms with Gasteiger partial charge in [0, 0.05) is 16.7 Å². The number of aromatic nitrogens is 1. The number of methoxy groups -OCH3 is 1. The van der Waals surface area contributed by atoms with Gasteiger partial charge in [-0.3, -0.25) is 14.9 Å². The number of carbonyl (C=O) groups excluding carboxylic acids is 2. The molecule has 28 heavy (non-hydrogen) atoms. The van der Waals surface area contributed by atoms with E-state index in [-0.39, 0.29) is 11.7 Å². The van der Waals surface area contributed by atoms with Crippen molar-refractivity contribution in [2.45, 2.75) is 0 Å². The second-order valence-corrected chi connectivity index (χ2v) is 7.47. The van der Waals surface area contributed by atoms with Crippen LogP contribution in [0.5, 0.6) is 5.75 Å². The molecule has 0 spiro atoms. The molecular formula is C22H14N2O3S. The molecular weight excluding hydrogens is 372 g/mol. The van der Waals surface area contributed by atoms with Crippen LogP contribution in [-0.4, -0.2) is 23.8 Å². The lowest BCUT2D eigenvalue weighted by atomic mass is 10.0. The average Bonchev–Trinajstić information content (AvgIpc) is 3.25. The van der Waals surface area contributed by atoms with Gasteiger partial charge < -0.3 is 4.74 Å². The van der Waals surface area contributed by atoms with E-state index in [1.54, 1.807) is 19.2 Å². The molecule has 1 N–H and O–H groups in total. The van der Waals surface area contributed by atoms with Crippen LogP contribution < -0.4 is 10.1 Å². The smallest absolute Gasteiger partial charge is 0.257 e. The number of fused-ring (bicyclic) bond motifs is 4. The lowest BCUT2D eigenvalue weighted by molar-refractivity contribution is 0.102. The number of hydrogen-bond donors (Lipinski definition) is 1. The van der Waals surface area contributed by atoms with Crippen LogP contribution in [0.15, 0.2) is 60.7 Å². The Morgan fingerprint density at radius 3 is 2.57 bits per heavy atom. The predicted octanol–water partition coefficient (Wildman–Crippen LogP) is 4.77. The molecule has 3 aromatic carbocycles. The molecule has 0 bridgehead atoms. The van der Waals surface area contributed by atoms with Gasteiger partial charge in [-0.25, -0.2) is 4.98 Å². The maximum absolute atomic E-state index is 12.7. The minimum atomic E-state index is -0.294. The van der Waals surface area contributed by atoms with Crippen LogP contribution in [0.3, 0.4) is 0 Å². The molecule has 1 aliphatic rings. The normalized spacial score (nSPS) is 12.0. The first kappa shape index (κ1) is 16.6. The zero-order chi connectivity index (χ0) is 19.3. The summed E-state index contributed by atoms with van der Waals surface area (Å²) in [5.74, 6) is 0.399. The molecule has 6 heteroatoms. The third-order valence-electron chi connectivity index (χ3n) is 4.80. The number of amides is 1. The lowest BCUT2D eigenvalue weighted by Crippen LogP contribution is -2.12. The minimum absolute atomic E-state index is 0.0488. The summed E-state index contributed by atoms with van der Waals surface area (Å²) in [5.41, 5.74) is 4.23. The Morgan fingerprint density at radius 2 is 1.75 bits per heavy atom. The van der Waals surface area contributed by atoms with E-state index in [1.165, 1.54) is 11.3 Å². The molecule has 0 saturated heterocycles. The molecule has 0 aliphatic heterocycles. The summed E-state index contributed by atoms with van der Waals surface area (Å²) in [6.45, 7) is 0. The van der Waals surface area contributed by atoms with Gasteiger partial charge >= 0.3 is 0 Å². The van der Waals surface area contributed by atoms with E-state index < -0.39 is 0 Å². The summed E-state index contributed by atoms with van der Waals surface area (Å²) in [5, 5.41) is 3.33. The standard InChI is InChI=1S/C22H14N2O3S/c1-27-13-7-9-18-19(11-13)28-22(23-18)24-21(26)12-6-8-15-14-4-2-3-5-16(14)20(25)17(15)10-12/h2-11H,1H3,(H,23,24,26). The Labute approximate surface area is 164 Å². The van der Waals surface area contributed by atoms with Gasteiger partial charge in [-0.15, -0.1) is 0 Å². The molecule has 5 nitrogen and oxygen atoms in total. The summed E-state index contributed by atoms with van der Waals surface area (Å²) < 4.78 is 6.15. The fraction of sp³-hybridized carbons (Fsp3) is 0.0455. The number of ketones is 1. The Morgan fingerprint density at radius 1 is 0.964 bits per heavy atom. The van der Waals surface area contributed by atoms with Gasteiger partial charge in [0.1, 0.15) is 5.75 Å². The number of ether oxygens (including phenoxy) is 1. The van der Waals surface area contributed by atoms with Gasteiger partial charge in [0.15, 0.2) is 10.9 Å². The monoisotopic (exact) mass is 386 g/mol. The van der Waals surface area contributed by atoms with Gasteiger partial charge in [0.25, 0.3) is 5.91 Å². The number of hydrogen-bond acceptors (Lipinski definition) is 5. The van der Waals surface area contributed by atoms with Crippen LogP contribution in [0.4, 0.5) is 5.13 Å². The first-order valence-corrected chi connectivity index (χ1v) is 9.50. The van der Waals surface area contributed by atoms with E-state index in [1.807, 2.05) is 48.5 Å². The van der Waals surface area contributed by atoms with Crippen molar-refractivity contribution in [2.75, 3.05) is 12.4 Å². The lowest BCUT2D eigenvalue weighted by Gasteiger charge is -2.04. The van der Waals surface area contributed by atoms with Crippen molar-refractivity contribution in [1.82, 2.24) is 4.98 Å². The molecule has 0 atom stereocenters. The molecule has 5 rings (SSSR count). The second-order valence-electron chi connectivity index (χ2n) is 6.44. The molecule has 0 radical (unpaired) electrons. The summed E-state index contributed by atoms with van der Waals surface area (Å²) in [7, 11) is 1.61. The van der Waals surface area contributed by atoms with Crippen LogP contribution in [0.2, 0.25) is 0 Å². The molecule has 1 heterocycles. The SMILES string of the molecule is COc1ccc2nc(NC(=O)c3ccc4c(c3)C(=O)c3ccccc3-4)sc2c1. The highest BCUT2D eigenvalue weighted by molar-refractivity contribution is 7.22. The average molecular weight is 386 g/mol.